The minimum atomic E-state index is -4.20. The largest absolute Gasteiger partial charge is 0.492 e. The summed E-state index contributed by atoms with van der Waals surface area (Å²) in [6, 6.07) is 8.85. The average molecular weight is 510 g/mol. The van der Waals surface area contributed by atoms with Crippen molar-refractivity contribution in [1.82, 2.24) is 4.90 Å². The van der Waals surface area contributed by atoms with Gasteiger partial charge >= 0.3 is 16.1 Å². The molecule has 0 unspecified atom stereocenters. The molecule has 9 nitrogen and oxygen atoms in total. The van der Waals surface area contributed by atoms with Gasteiger partial charge < -0.3 is 24.4 Å². The highest BCUT2D eigenvalue weighted by Crippen LogP contribution is 2.33. The molecule has 34 heavy (non-hydrogen) atoms. The molecule has 1 fully saturated rings. The van der Waals surface area contributed by atoms with E-state index >= 15 is 0 Å². The van der Waals surface area contributed by atoms with E-state index in [9.17, 15) is 13.2 Å². The summed E-state index contributed by atoms with van der Waals surface area (Å²) in [6.45, 7) is 5.49. The van der Waals surface area contributed by atoms with Gasteiger partial charge in [0.25, 0.3) is 0 Å². The van der Waals surface area contributed by atoms with Gasteiger partial charge in [0.05, 0.1) is 18.2 Å². The molecule has 1 aliphatic heterocycles. The van der Waals surface area contributed by atoms with Crippen LogP contribution in [0.5, 0.6) is 11.5 Å². The second-order valence-corrected chi connectivity index (χ2v) is 9.78. The summed E-state index contributed by atoms with van der Waals surface area (Å²) in [7, 11) is -4.20. The van der Waals surface area contributed by atoms with Crippen molar-refractivity contribution in [3.63, 3.8) is 0 Å². The van der Waals surface area contributed by atoms with Crippen LogP contribution in [0, 0.1) is 12.8 Å². The summed E-state index contributed by atoms with van der Waals surface area (Å²) in [5.74, 6) is 5.12. The molecule has 0 atom stereocenters. The van der Waals surface area contributed by atoms with Crippen molar-refractivity contribution in [2.75, 3.05) is 26.3 Å². The van der Waals surface area contributed by atoms with Gasteiger partial charge in [-0.1, -0.05) is 23.7 Å². The predicted octanol–water partition coefficient (Wildman–Crippen LogP) is 3.59. The Labute approximate surface area is 204 Å². The number of piperidine rings is 1. The number of esters is 1. The van der Waals surface area contributed by atoms with Crippen LogP contribution in [0.25, 0.3) is 0 Å². The number of halogens is 1. The maximum atomic E-state index is 12.8. The van der Waals surface area contributed by atoms with Gasteiger partial charge in [-0.25, -0.2) is 4.79 Å². The molecule has 2 aromatic carbocycles. The first-order valence-electron chi connectivity index (χ1n) is 10.9. The van der Waals surface area contributed by atoms with Gasteiger partial charge in [0, 0.05) is 19.2 Å². The Bertz CT molecular complexity index is 1150. The number of hydrogen-bond acceptors (Lipinski definition) is 8. The lowest BCUT2D eigenvalue weighted by molar-refractivity contribution is 0.0519. The quantitative estimate of drug-likeness (QED) is 0.136. The van der Waals surface area contributed by atoms with E-state index in [0.717, 1.165) is 25.9 Å². The highest BCUT2D eigenvalue weighted by molar-refractivity contribution is 7.87. The van der Waals surface area contributed by atoms with Crippen LogP contribution in [0.3, 0.4) is 0 Å². The molecule has 0 aliphatic carbocycles. The number of likely N-dealkylation sites (tertiary alicyclic amines) is 1. The number of hydrazone groups is 1. The number of ether oxygens (including phenoxy) is 2. The van der Waals surface area contributed by atoms with E-state index in [0.29, 0.717) is 12.2 Å². The monoisotopic (exact) mass is 509 g/mol. The molecule has 2 aromatic rings. The molecule has 1 heterocycles. The van der Waals surface area contributed by atoms with E-state index in [-0.39, 0.29) is 39.5 Å². The fourth-order valence-corrected chi connectivity index (χ4v) is 5.12. The molecule has 0 amide bonds. The Morgan fingerprint density at radius 2 is 1.97 bits per heavy atom. The normalized spacial score (nSPS) is 14.9. The SMILES string of the molecule is CCOC(=O)c1c(C)cc(OS(=O)(=O)c2ccccc2Cl)cc1OCC1CCN(C=NN)CC1. The van der Waals surface area contributed by atoms with Crippen LogP contribution >= 0.6 is 11.6 Å². The Balaban J connectivity index is 1.84. The van der Waals surface area contributed by atoms with Crippen molar-refractivity contribution in [1.29, 1.82) is 0 Å². The van der Waals surface area contributed by atoms with Gasteiger partial charge in [0.15, 0.2) is 0 Å². The van der Waals surface area contributed by atoms with Crippen molar-refractivity contribution in [2.45, 2.75) is 31.6 Å². The first-order chi connectivity index (χ1) is 16.2. The summed E-state index contributed by atoms with van der Waals surface area (Å²) in [4.78, 5) is 14.5. The second kappa shape index (κ2) is 11.4. The first-order valence-corrected chi connectivity index (χ1v) is 12.6. The molecule has 3 rings (SSSR count). The molecular weight excluding hydrogens is 482 g/mol. The number of benzene rings is 2. The van der Waals surface area contributed by atoms with Crippen molar-refractivity contribution >= 4 is 34.0 Å². The molecule has 1 saturated heterocycles. The van der Waals surface area contributed by atoms with Gasteiger partial charge in [-0.3, -0.25) is 0 Å². The second-order valence-electron chi connectivity index (χ2n) is 7.86. The topological polar surface area (TPSA) is 121 Å². The lowest BCUT2D eigenvalue weighted by Crippen LogP contribution is -2.34. The predicted molar refractivity (Wildman–Crippen MR) is 129 cm³/mol. The fourth-order valence-electron chi connectivity index (χ4n) is 3.71. The van der Waals surface area contributed by atoms with Gasteiger partial charge in [0.1, 0.15) is 28.3 Å². The van der Waals surface area contributed by atoms with Gasteiger partial charge in [-0.05, 0) is 56.4 Å². The fraction of sp³-hybridized carbons (Fsp3) is 0.391. The first kappa shape index (κ1) is 25.6. The van der Waals surface area contributed by atoms with Gasteiger partial charge in [-0.2, -0.15) is 13.5 Å². The summed E-state index contributed by atoms with van der Waals surface area (Å²) < 4.78 is 42.1. The summed E-state index contributed by atoms with van der Waals surface area (Å²) in [5, 5.41) is 3.60. The van der Waals surface area contributed by atoms with Gasteiger partial charge in [0.2, 0.25) is 0 Å². The summed E-state index contributed by atoms with van der Waals surface area (Å²) in [6.07, 6.45) is 3.33. The highest BCUT2D eigenvalue weighted by atomic mass is 35.5. The maximum absolute atomic E-state index is 12.8. The van der Waals surface area contributed by atoms with E-state index in [2.05, 4.69) is 5.10 Å². The Morgan fingerprint density at radius 3 is 2.62 bits per heavy atom. The van der Waals surface area contributed by atoms with E-state index in [4.69, 9.17) is 31.1 Å². The van der Waals surface area contributed by atoms with Crippen molar-refractivity contribution < 1.29 is 26.9 Å². The third-order valence-corrected chi connectivity index (χ3v) is 7.17. The molecule has 0 saturated carbocycles. The van der Waals surface area contributed by atoms with Crippen molar-refractivity contribution in [3.05, 3.63) is 52.5 Å². The molecule has 0 bridgehead atoms. The van der Waals surface area contributed by atoms with Crippen LogP contribution in [0.4, 0.5) is 0 Å². The molecule has 0 aromatic heterocycles. The molecule has 184 valence electrons. The van der Waals surface area contributed by atoms with Crippen molar-refractivity contribution in [3.8, 4) is 11.5 Å². The Hall–Kier alpha value is -2.98. The number of carbonyl (C=O) groups excluding carboxylic acids is 1. The number of nitrogens with zero attached hydrogens (tertiary/aromatic N) is 2. The van der Waals surface area contributed by atoms with Crippen LogP contribution in [0.15, 0.2) is 46.4 Å². The molecule has 11 heteroatoms. The summed E-state index contributed by atoms with van der Waals surface area (Å²) in [5.41, 5.74) is 0.700. The lowest BCUT2D eigenvalue weighted by atomic mass is 9.98. The van der Waals surface area contributed by atoms with E-state index < -0.39 is 16.1 Å². The van der Waals surface area contributed by atoms with Gasteiger partial charge in [-0.15, -0.1) is 0 Å². The number of nitrogens with two attached hydrogens (primary N) is 1. The average Bonchev–Trinajstić information content (AvgIpc) is 2.78. The molecule has 1 aliphatic rings. The van der Waals surface area contributed by atoms with Crippen LogP contribution in [0.1, 0.15) is 35.7 Å². The molecule has 2 N–H and O–H groups in total. The number of aryl methyl sites for hydroxylation is 1. The van der Waals surface area contributed by atoms with Crippen LogP contribution in [-0.2, 0) is 14.9 Å². The van der Waals surface area contributed by atoms with Crippen molar-refractivity contribution in [2.24, 2.45) is 16.9 Å². The Morgan fingerprint density at radius 1 is 1.26 bits per heavy atom. The molecular formula is C23H28ClN3O6S. The molecule has 0 spiro atoms. The lowest BCUT2D eigenvalue weighted by Gasteiger charge is -2.30. The third-order valence-electron chi connectivity index (χ3n) is 5.42. The molecule has 0 radical (unpaired) electrons. The van der Waals surface area contributed by atoms with E-state index in [1.807, 2.05) is 4.90 Å². The van der Waals surface area contributed by atoms with Crippen LogP contribution in [0.2, 0.25) is 5.02 Å². The van der Waals surface area contributed by atoms with E-state index in [1.54, 1.807) is 32.3 Å². The zero-order valence-electron chi connectivity index (χ0n) is 19.1. The number of rotatable bonds is 9. The summed E-state index contributed by atoms with van der Waals surface area (Å²) >= 11 is 6.04. The standard InChI is InChI=1S/C23H28ClN3O6S/c1-3-31-23(28)22-16(2)12-18(33-34(29,30)21-7-5-4-6-19(21)24)13-20(22)32-14-17-8-10-27(11-9-17)15-26-25/h4-7,12-13,15,17H,3,8-11,14,25H2,1-2H3. The van der Waals surface area contributed by atoms with Crippen LogP contribution < -0.4 is 14.8 Å². The smallest absolute Gasteiger partial charge is 0.342 e. The number of carbonyl (C=O) groups is 1. The minimum absolute atomic E-state index is 0.00875. The highest BCUT2D eigenvalue weighted by Gasteiger charge is 2.25. The minimum Gasteiger partial charge on any atom is -0.492 e. The van der Waals surface area contributed by atoms with Crippen LogP contribution in [-0.4, -0.2) is 51.9 Å². The maximum Gasteiger partial charge on any atom is 0.342 e. The van der Waals surface area contributed by atoms with E-state index in [1.165, 1.54) is 24.3 Å². The number of hydrogen-bond donors (Lipinski definition) is 1. The third kappa shape index (κ3) is 6.32. The Kier molecular flexibility index (Phi) is 8.62. The zero-order chi connectivity index (χ0) is 24.7. The zero-order valence-corrected chi connectivity index (χ0v) is 20.6.